The fourth-order valence-corrected chi connectivity index (χ4v) is 11.0. The molecule has 1 aliphatic rings. The second kappa shape index (κ2) is 18.9. The second-order valence-corrected chi connectivity index (χ2v) is 17.5. The first-order chi connectivity index (χ1) is 23.5. The molecule has 1 aliphatic carbocycles. The van der Waals surface area contributed by atoms with E-state index in [0.717, 1.165) is 47.8 Å². The Labute approximate surface area is 303 Å². The fraction of sp³-hybridized carbons (Fsp3) is 0.643. The third kappa shape index (κ3) is 9.06. The van der Waals surface area contributed by atoms with E-state index < -0.39 is 5.41 Å². The molecule has 0 fully saturated rings. The van der Waals surface area contributed by atoms with E-state index in [-0.39, 0.29) is 0 Å². The van der Waals surface area contributed by atoms with Crippen LogP contribution < -0.4 is 0 Å². The SMILES string of the molecule is CCCCCCCCCCCCC1(CCCCCCCCCCCC)C(=O)c2cc(C)sc2-c2sc(-c3ccc(C)c4nsnc34)cc21. The van der Waals surface area contributed by atoms with Crippen LogP contribution in [0.3, 0.4) is 0 Å². The number of carbonyl (C=O) groups excluding carboxylic acids is 1. The summed E-state index contributed by atoms with van der Waals surface area (Å²) in [6.07, 6.45) is 28.3. The van der Waals surface area contributed by atoms with Crippen LogP contribution in [0.25, 0.3) is 31.2 Å². The quantitative estimate of drug-likeness (QED) is 0.0722. The molecule has 6 heteroatoms. The number of aromatic nitrogens is 2. The zero-order valence-electron chi connectivity index (χ0n) is 30.4. The summed E-state index contributed by atoms with van der Waals surface area (Å²) in [5.41, 5.74) is 6.23. The Balaban J connectivity index is 1.35. The maximum absolute atomic E-state index is 14.8. The largest absolute Gasteiger partial charge is 0.293 e. The van der Waals surface area contributed by atoms with E-state index >= 15 is 0 Å². The van der Waals surface area contributed by atoms with Crippen LogP contribution in [0.5, 0.6) is 0 Å². The molecule has 3 aromatic heterocycles. The number of benzene rings is 1. The molecule has 0 amide bonds. The second-order valence-electron chi connectivity index (χ2n) is 14.6. The maximum atomic E-state index is 14.8. The zero-order valence-corrected chi connectivity index (χ0v) is 32.8. The zero-order chi connectivity index (χ0) is 33.8. The number of Topliss-reactive ketones (excluding diaryl/α,β-unsaturated/α-hetero) is 1. The molecule has 48 heavy (non-hydrogen) atoms. The topological polar surface area (TPSA) is 42.9 Å². The van der Waals surface area contributed by atoms with Crippen molar-refractivity contribution in [1.82, 2.24) is 8.75 Å². The smallest absolute Gasteiger partial charge is 0.174 e. The molecule has 3 heterocycles. The number of thiophene rings is 2. The Bertz CT molecular complexity index is 1550. The lowest BCUT2D eigenvalue weighted by atomic mass is 9.65. The molecule has 0 unspecified atom stereocenters. The van der Waals surface area contributed by atoms with Gasteiger partial charge in [-0.25, -0.2) is 0 Å². The maximum Gasteiger partial charge on any atom is 0.174 e. The highest BCUT2D eigenvalue weighted by Gasteiger charge is 2.47. The van der Waals surface area contributed by atoms with E-state index in [1.807, 2.05) is 11.3 Å². The van der Waals surface area contributed by atoms with E-state index in [4.69, 9.17) is 4.37 Å². The minimum Gasteiger partial charge on any atom is -0.293 e. The van der Waals surface area contributed by atoms with Crippen molar-refractivity contribution in [2.45, 2.75) is 174 Å². The third-order valence-electron chi connectivity index (χ3n) is 10.8. The number of hydrogen-bond donors (Lipinski definition) is 0. The molecule has 0 saturated carbocycles. The van der Waals surface area contributed by atoms with Crippen molar-refractivity contribution in [2.75, 3.05) is 0 Å². The number of hydrogen-bond acceptors (Lipinski definition) is 6. The van der Waals surface area contributed by atoms with E-state index in [2.05, 4.69) is 56.3 Å². The van der Waals surface area contributed by atoms with Crippen molar-refractivity contribution in [3.8, 4) is 20.2 Å². The summed E-state index contributed by atoms with van der Waals surface area (Å²) in [6, 6.07) is 9.02. The summed E-state index contributed by atoms with van der Waals surface area (Å²) in [6.45, 7) is 8.87. The predicted molar refractivity (Wildman–Crippen MR) is 212 cm³/mol. The highest BCUT2D eigenvalue weighted by Crippen LogP contribution is 2.56. The number of fused-ring (bicyclic) bond motifs is 4. The van der Waals surface area contributed by atoms with Gasteiger partial charge in [0.15, 0.2) is 5.78 Å². The van der Waals surface area contributed by atoms with Gasteiger partial charge in [0.25, 0.3) is 0 Å². The van der Waals surface area contributed by atoms with Gasteiger partial charge < -0.3 is 0 Å². The third-order valence-corrected chi connectivity index (χ3v) is 13.7. The lowest BCUT2D eigenvalue weighted by molar-refractivity contribution is 0.0855. The van der Waals surface area contributed by atoms with Crippen LogP contribution in [-0.4, -0.2) is 14.5 Å². The van der Waals surface area contributed by atoms with Crippen molar-refractivity contribution in [3.63, 3.8) is 0 Å². The number of carbonyl (C=O) groups is 1. The number of aryl methyl sites for hydroxylation is 2. The molecule has 262 valence electrons. The highest BCUT2D eigenvalue weighted by molar-refractivity contribution is 7.24. The van der Waals surface area contributed by atoms with Gasteiger partial charge in [0.2, 0.25) is 0 Å². The molecule has 5 rings (SSSR count). The van der Waals surface area contributed by atoms with Crippen LogP contribution in [0.15, 0.2) is 24.3 Å². The van der Waals surface area contributed by atoms with Crippen LogP contribution in [0.1, 0.15) is 181 Å². The van der Waals surface area contributed by atoms with E-state index in [0.29, 0.717) is 5.78 Å². The molecule has 0 spiro atoms. The molecule has 0 aliphatic heterocycles. The molecule has 4 aromatic rings. The number of nitrogens with zero attached hydrogens (tertiary/aromatic N) is 2. The van der Waals surface area contributed by atoms with Crippen LogP contribution in [0.2, 0.25) is 0 Å². The number of ketones is 1. The fourth-order valence-electron chi connectivity index (χ4n) is 7.92. The Morgan fingerprint density at radius 1 is 0.583 bits per heavy atom. The summed E-state index contributed by atoms with van der Waals surface area (Å²) in [5, 5.41) is 0. The average Bonchev–Trinajstić information content (AvgIpc) is 3.84. The molecule has 0 N–H and O–H groups in total. The van der Waals surface area contributed by atoms with Gasteiger partial charge in [-0.1, -0.05) is 154 Å². The van der Waals surface area contributed by atoms with Crippen LogP contribution >= 0.6 is 34.4 Å². The van der Waals surface area contributed by atoms with Crippen molar-refractivity contribution in [3.05, 3.63) is 45.8 Å². The van der Waals surface area contributed by atoms with Gasteiger partial charge in [0.1, 0.15) is 11.0 Å². The van der Waals surface area contributed by atoms with E-state index in [1.54, 1.807) is 11.3 Å². The minimum absolute atomic E-state index is 0.398. The van der Waals surface area contributed by atoms with Gasteiger partial charge in [0, 0.05) is 25.8 Å². The molecular weight excluding hydrogens is 645 g/mol. The predicted octanol–water partition coefficient (Wildman–Crippen LogP) is 14.8. The van der Waals surface area contributed by atoms with E-state index in [1.165, 1.54) is 158 Å². The lowest BCUT2D eigenvalue weighted by Crippen LogP contribution is -2.38. The summed E-state index contributed by atoms with van der Waals surface area (Å²) in [5.74, 6) is 0.398. The Morgan fingerprint density at radius 2 is 1.10 bits per heavy atom. The number of rotatable bonds is 23. The van der Waals surface area contributed by atoms with Crippen LogP contribution in [0, 0.1) is 13.8 Å². The molecule has 0 saturated heterocycles. The van der Waals surface area contributed by atoms with Gasteiger partial charge in [-0.3, -0.25) is 4.79 Å². The van der Waals surface area contributed by atoms with Crippen molar-refractivity contribution >= 4 is 51.2 Å². The summed E-state index contributed by atoms with van der Waals surface area (Å²) >= 11 is 4.99. The van der Waals surface area contributed by atoms with Gasteiger partial charge in [-0.15, -0.1) is 22.7 Å². The first kappa shape index (κ1) is 37.4. The van der Waals surface area contributed by atoms with Crippen molar-refractivity contribution in [2.24, 2.45) is 0 Å². The monoisotopic (exact) mass is 704 g/mol. The Kier molecular flexibility index (Phi) is 14.7. The van der Waals surface area contributed by atoms with Gasteiger partial charge in [-0.2, -0.15) is 8.75 Å². The highest BCUT2D eigenvalue weighted by atomic mass is 32.1. The van der Waals surface area contributed by atoms with Gasteiger partial charge in [-0.05, 0) is 49.9 Å². The minimum atomic E-state index is -0.422. The first-order valence-electron chi connectivity index (χ1n) is 19.5. The molecule has 0 bridgehead atoms. The lowest BCUT2D eigenvalue weighted by Gasteiger charge is -2.36. The van der Waals surface area contributed by atoms with Crippen molar-refractivity contribution < 1.29 is 4.79 Å². The Morgan fingerprint density at radius 3 is 1.67 bits per heavy atom. The molecule has 0 atom stereocenters. The first-order valence-corrected chi connectivity index (χ1v) is 21.9. The van der Waals surface area contributed by atoms with Crippen molar-refractivity contribution in [1.29, 1.82) is 0 Å². The average molecular weight is 705 g/mol. The van der Waals surface area contributed by atoms with Crippen LogP contribution in [-0.2, 0) is 5.41 Å². The summed E-state index contributed by atoms with van der Waals surface area (Å²) in [7, 11) is 0. The standard InChI is InChI=1S/C42H60N2OS3/c1-5-7-9-11-13-15-17-19-21-23-27-42(28-24-22-20-18-16-14-12-10-8-6-2)35-30-36(33-26-25-31(3)37-38(33)44-48-43-37)47-40(35)39-34(41(42)45)29-32(4)46-39/h25-26,29-30H,5-24,27-28H2,1-4H3. The summed E-state index contributed by atoms with van der Waals surface area (Å²) < 4.78 is 9.37. The molecule has 3 nitrogen and oxygen atoms in total. The van der Waals surface area contributed by atoms with Crippen LogP contribution in [0.4, 0.5) is 0 Å². The molecular formula is C42H60N2OS3. The van der Waals surface area contributed by atoms with E-state index in [9.17, 15) is 4.79 Å². The van der Waals surface area contributed by atoms with Gasteiger partial charge >= 0.3 is 0 Å². The molecule has 0 radical (unpaired) electrons. The normalized spacial score (nSPS) is 13.8. The summed E-state index contributed by atoms with van der Waals surface area (Å²) in [4.78, 5) is 19.9. The number of unbranched alkanes of at least 4 members (excludes halogenated alkanes) is 18. The molecule has 1 aromatic carbocycles. The Hall–Kier alpha value is -1.89. The van der Waals surface area contributed by atoms with Gasteiger partial charge in [0.05, 0.1) is 22.0 Å².